The molecule has 0 bridgehead atoms. The monoisotopic (exact) mass is 488 g/mol. The van der Waals surface area contributed by atoms with Crippen LogP contribution in [0.3, 0.4) is 0 Å². The van der Waals surface area contributed by atoms with Gasteiger partial charge >= 0.3 is 0 Å². The number of fused-ring (bicyclic) bond motifs is 1. The number of H-pyrrole nitrogens is 1. The number of amides is 2. The molecule has 9 heteroatoms. The summed E-state index contributed by atoms with van der Waals surface area (Å²) in [6.07, 6.45) is 5.29. The lowest BCUT2D eigenvalue weighted by Crippen LogP contribution is -2.38. The van der Waals surface area contributed by atoms with Gasteiger partial charge in [-0.25, -0.2) is 0 Å². The summed E-state index contributed by atoms with van der Waals surface area (Å²) in [6, 6.07) is 4.87. The van der Waals surface area contributed by atoms with Crippen molar-refractivity contribution in [2.24, 2.45) is 0 Å². The first-order valence-corrected chi connectivity index (χ1v) is 11.7. The van der Waals surface area contributed by atoms with Crippen LogP contribution in [-0.2, 0) is 10.7 Å². The molecule has 2 aliphatic rings. The smallest absolute Gasteiger partial charge is 0.294 e. The van der Waals surface area contributed by atoms with E-state index in [1.165, 1.54) is 12.5 Å². The number of aryl methyl sites for hydroxylation is 1. The van der Waals surface area contributed by atoms with Crippen molar-refractivity contribution in [2.45, 2.75) is 32.1 Å². The first-order chi connectivity index (χ1) is 16.2. The summed E-state index contributed by atoms with van der Waals surface area (Å²) in [4.78, 5) is 30.7. The molecule has 34 heavy (non-hydrogen) atoms. The molecule has 0 atom stereocenters. The second-order valence-corrected chi connectivity index (χ2v) is 9.04. The molecule has 0 unspecified atom stereocenters. The number of nitrogens with zero attached hydrogens (tertiary/aromatic N) is 1. The highest BCUT2D eigenvalue weighted by molar-refractivity contribution is 6.36. The number of halogens is 3. The van der Waals surface area contributed by atoms with Gasteiger partial charge in [0.05, 0.1) is 16.7 Å². The number of hydrogen-bond donors (Lipinski definition) is 3. The van der Waals surface area contributed by atoms with Crippen molar-refractivity contribution in [3.63, 3.8) is 0 Å². The van der Waals surface area contributed by atoms with Crippen LogP contribution >= 0.6 is 11.6 Å². The minimum absolute atomic E-state index is 0.0263. The lowest BCUT2D eigenvalue weighted by molar-refractivity contribution is -0.110. The maximum absolute atomic E-state index is 15.0. The molecule has 0 saturated carbocycles. The fourth-order valence-electron chi connectivity index (χ4n) is 4.54. The number of hydrogen-bond acceptors (Lipinski definition) is 3. The van der Waals surface area contributed by atoms with Gasteiger partial charge in [-0.1, -0.05) is 24.6 Å². The minimum atomic E-state index is -3.50. The maximum atomic E-state index is 15.0. The van der Waals surface area contributed by atoms with Gasteiger partial charge in [-0.2, -0.15) is 8.78 Å². The standard InChI is InChI=1S/C25H27ClF2N4O2/c1-3-25(27,28)22-20(14-18-17-13-16(26)7-8-19(17)31-23(18)33)30-15(2)21(22)24(34)29-9-12-32-10-5-4-6-11-32/h3,7-8,13-14,30H,1,4-6,9-12H2,2H3,(H,29,34)(H,31,33)/b18-14-. The maximum Gasteiger partial charge on any atom is 0.294 e. The summed E-state index contributed by atoms with van der Waals surface area (Å²) in [5.74, 6) is -4.53. The molecule has 0 spiro atoms. The summed E-state index contributed by atoms with van der Waals surface area (Å²) >= 11 is 6.08. The van der Waals surface area contributed by atoms with E-state index in [0.29, 0.717) is 35.4 Å². The molecule has 0 aliphatic carbocycles. The summed E-state index contributed by atoms with van der Waals surface area (Å²) in [5.41, 5.74) is 0.829. The number of allylic oxidation sites excluding steroid dienone is 1. The van der Waals surface area contributed by atoms with E-state index >= 15 is 8.78 Å². The van der Waals surface area contributed by atoms with Crippen molar-refractivity contribution in [2.75, 3.05) is 31.5 Å². The molecule has 4 rings (SSSR count). The van der Waals surface area contributed by atoms with Gasteiger partial charge in [0.15, 0.2) is 0 Å². The van der Waals surface area contributed by atoms with Crippen molar-refractivity contribution >= 4 is 40.8 Å². The lowest BCUT2D eigenvalue weighted by Gasteiger charge is -2.26. The van der Waals surface area contributed by atoms with E-state index in [1.807, 2.05) is 0 Å². The van der Waals surface area contributed by atoms with Crippen molar-refractivity contribution in [3.8, 4) is 0 Å². The van der Waals surface area contributed by atoms with Crippen molar-refractivity contribution in [3.05, 3.63) is 64.0 Å². The molecular weight excluding hydrogens is 462 g/mol. The van der Waals surface area contributed by atoms with Crippen LogP contribution in [0.1, 0.15) is 52.1 Å². The van der Waals surface area contributed by atoms with Gasteiger partial charge in [-0.3, -0.25) is 9.59 Å². The highest BCUT2D eigenvalue weighted by Gasteiger charge is 2.38. The first-order valence-electron chi connectivity index (χ1n) is 11.3. The fourth-order valence-corrected chi connectivity index (χ4v) is 4.71. The Morgan fingerprint density at radius 3 is 2.74 bits per heavy atom. The van der Waals surface area contributed by atoms with Crippen LogP contribution in [0.15, 0.2) is 30.9 Å². The zero-order valence-corrected chi connectivity index (χ0v) is 19.7. The van der Waals surface area contributed by atoms with Gasteiger partial charge in [0.25, 0.3) is 17.7 Å². The average molecular weight is 489 g/mol. The summed E-state index contributed by atoms with van der Waals surface area (Å²) < 4.78 is 30.1. The number of nitrogens with one attached hydrogen (secondary N) is 3. The van der Waals surface area contributed by atoms with Gasteiger partial charge in [0.2, 0.25) is 0 Å². The third-order valence-corrected chi connectivity index (χ3v) is 6.48. The van der Waals surface area contributed by atoms with E-state index < -0.39 is 23.3 Å². The Labute approximate surface area is 202 Å². The average Bonchev–Trinajstić information content (AvgIpc) is 3.31. The second-order valence-electron chi connectivity index (χ2n) is 8.60. The summed E-state index contributed by atoms with van der Waals surface area (Å²) in [5, 5.41) is 5.89. The van der Waals surface area contributed by atoms with Crippen LogP contribution in [-0.4, -0.2) is 47.9 Å². The van der Waals surface area contributed by atoms with Crippen molar-refractivity contribution < 1.29 is 18.4 Å². The first kappa shape index (κ1) is 24.2. The van der Waals surface area contributed by atoms with E-state index in [1.54, 1.807) is 25.1 Å². The largest absolute Gasteiger partial charge is 0.358 e. The molecule has 1 saturated heterocycles. The fraction of sp³-hybridized carbons (Fsp3) is 0.360. The highest BCUT2D eigenvalue weighted by atomic mass is 35.5. The van der Waals surface area contributed by atoms with E-state index in [9.17, 15) is 9.59 Å². The summed E-state index contributed by atoms with van der Waals surface area (Å²) in [7, 11) is 0. The Balaban J connectivity index is 1.67. The number of aromatic amines is 1. The quantitative estimate of drug-likeness (QED) is 0.380. The molecule has 3 N–H and O–H groups in total. The molecule has 2 amide bonds. The van der Waals surface area contributed by atoms with Crippen molar-refractivity contribution in [1.29, 1.82) is 0 Å². The predicted molar refractivity (Wildman–Crippen MR) is 130 cm³/mol. The van der Waals surface area contributed by atoms with E-state index in [-0.39, 0.29) is 22.5 Å². The van der Waals surface area contributed by atoms with Gasteiger partial charge in [0.1, 0.15) is 0 Å². The number of carbonyl (C=O) groups excluding carboxylic acids is 2. The van der Waals surface area contributed by atoms with Crippen molar-refractivity contribution in [1.82, 2.24) is 15.2 Å². The number of alkyl halides is 2. The Bertz CT molecular complexity index is 1170. The lowest BCUT2D eigenvalue weighted by atomic mass is 9.98. The molecule has 6 nitrogen and oxygen atoms in total. The van der Waals surface area contributed by atoms with Crippen LogP contribution in [0, 0.1) is 6.92 Å². The third kappa shape index (κ3) is 4.79. The highest BCUT2D eigenvalue weighted by Crippen LogP contribution is 2.40. The minimum Gasteiger partial charge on any atom is -0.358 e. The number of benzene rings is 1. The summed E-state index contributed by atoms with van der Waals surface area (Å²) in [6.45, 7) is 7.79. The molecule has 180 valence electrons. The Hall–Kier alpha value is -2.97. The number of anilines is 1. The van der Waals surface area contributed by atoms with Gasteiger partial charge in [0, 0.05) is 40.8 Å². The van der Waals surface area contributed by atoms with Gasteiger partial charge in [-0.05, 0) is 63.2 Å². The Kier molecular flexibility index (Phi) is 6.91. The Morgan fingerprint density at radius 1 is 1.29 bits per heavy atom. The number of likely N-dealkylation sites (tertiary alicyclic amines) is 1. The second kappa shape index (κ2) is 9.72. The molecule has 3 heterocycles. The van der Waals surface area contributed by atoms with Crippen LogP contribution in [0.25, 0.3) is 11.6 Å². The molecule has 0 radical (unpaired) electrons. The molecule has 1 fully saturated rings. The predicted octanol–water partition coefficient (Wildman–Crippen LogP) is 4.96. The van der Waals surface area contributed by atoms with Crippen LogP contribution in [0.2, 0.25) is 5.02 Å². The number of carbonyl (C=O) groups is 2. The topological polar surface area (TPSA) is 77.2 Å². The van der Waals surface area contributed by atoms with Gasteiger partial charge < -0.3 is 20.5 Å². The third-order valence-electron chi connectivity index (χ3n) is 6.25. The molecular formula is C25H27ClF2N4O2. The van der Waals surface area contributed by atoms with Crippen LogP contribution in [0.5, 0.6) is 0 Å². The Morgan fingerprint density at radius 2 is 2.03 bits per heavy atom. The molecule has 1 aromatic carbocycles. The normalized spacial score (nSPS) is 17.5. The number of piperidine rings is 1. The van der Waals surface area contributed by atoms with Crippen LogP contribution < -0.4 is 10.6 Å². The number of aromatic nitrogens is 1. The van der Waals surface area contributed by atoms with Gasteiger partial charge in [-0.15, -0.1) is 0 Å². The zero-order valence-electron chi connectivity index (χ0n) is 18.9. The van der Waals surface area contributed by atoms with E-state index in [2.05, 4.69) is 27.1 Å². The SMILES string of the molecule is C=CC(F)(F)c1c(/C=C2\C(=O)Nc3ccc(Cl)cc32)[nH]c(C)c1C(=O)NCCN1CCCCC1. The van der Waals surface area contributed by atoms with Crippen LogP contribution in [0.4, 0.5) is 14.5 Å². The molecule has 2 aromatic rings. The zero-order chi connectivity index (χ0) is 24.5. The van der Waals surface area contributed by atoms with E-state index in [4.69, 9.17) is 11.6 Å². The number of rotatable bonds is 7. The molecule has 1 aromatic heterocycles. The molecule has 2 aliphatic heterocycles. The van der Waals surface area contributed by atoms with E-state index in [0.717, 1.165) is 25.9 Å².